The molecule has 0 radical (unpaired) electrons. The number of rotatable bonds is 6. The van der Waals surface area contributed by atoms with Gasteiger partial charge in [0.25, 0.3) is 5.56 Å². The summed E-state index contributed by atoms with van der Waals surface area (Å²) in [6.45, 7) is 0.458. The summed E-state index contributed by atoms with van der Waals surface area (Å²) < 4.78 is 28.0. The lowest BCUT2D eigenvalue weighted by atomic mass is 10.4. The first-order chi connectivity index (χ1) is 10.4. The molecule has 0 spiro atoms. The fourth-order valence-corrected chi connectivity index (χ4v) is 3.59. The first-order valence-corrected chi connectivity index (χ1v) is 8.61. The molecule has 22 heavy (non-hydrogen) atoms. The highest BCUT2D eigenvalue weighted by molar-refractivity contribution is 7.89. The molecule has 0 saturated carbocycles. The van der Waals surface area contributed by atoms with Crippen molar-refractivity contribution in [2.24, 2.45) is 0 Å². The van der Waals surface area contributed by atoms with Crippen molar-refractivity contribution in [3.8, 4) is 0 Å². The van der Waals surface area contributed by atoms with E-state index in [9.17, 15) is 13.2 Å². The molecule has 0 saturated heterocycles. The predicted molar refractivity (Wildman–Crippen MR) is 84.8 cm³/mol. The van der Waals surface area contributed by atoms with Crippen LogP contribution in [0.2, 0.25) is 10.0 Å². The third kappa shape index (κ3) is 4.07. The smallest absolute Gasteiger partial charge is 0.266 e. The zero-order valence-corrected chi connectivity index (χ0v) is 13.7. The van der Waals surface area contributed by atoms with E-state index in [-0.39, 0.29) is 27.0 Å². The monoisotopic (exact) mass is 361 g/mol. The molecule has 1 N–H and O–H groups in total. The molecule has 1 aromatic heterocycles. The van der Waals surface area contributed by atoms with Gasteiger partial charge in [-0.25, -0.2) is 17.8 Å². The Bertz CT molecular complexity index is 821. The van der Waals surface area contributed by atoms with Crippen LogP contribution in [0.5, 0.6) is 0 Å². The maximum atomic E-state index is 12.1. The molecule has 9 heteroatoms. The summed E-state index contributed by atoms with van der Waals surface area (Å²) in [5, 5.41) is 4.04. The van der Waals surface area contributed by atoms with Crippen molar-refractivity contribution in [1.29, 1.82) is 0 Å². The summed E-state index contributed by atoms with van der Waals surface area (Å²) in [4.78, 5) is 11.4. The molecular formula is C13H13Cl2N3O3S. The number of nitrogens with one attached hydrogen (secondary N) is 1. The first kappa shape index (κ1) is 17.0. The van der Waals surface area contributed by atoms with E-state index in [4.69, 9.17) is 23.2 Å². The molecule has 6 nitrogen and oxygen atoms in total. The van der Waals surface area contributed by atoms with Gasteiger partial charge in [0.1, 0.15) is 4.90 Å². The minimum absolute atomic E-state index is 0.0161. The Morgan fingerprint density at radius 3 is 2.68 bits per heavy atom. The summed E-state index contributed by atoms with van der Waals surface area (Å²) in [6, 6.07) is 7.33. The maximum absolute atomic E-state index is 12.1. The van der Waals surface area contributed by atoms with Crippen LogP contribution < -0.4 is 10.3 Å². The van der Waals surface area contributed by atoms with Crippen molar-refractivity contribution < 1.29 is 8.42 Å². The fourth-order valence-electron chi connectivity index (χ4n) is 1.76. The SMILES string of the molecule is O=c1cccnn1CCCNS(=O)(=O)c1cccc(Cl)c1Cl. The van der Waals surface area contributed by atoms with Gasteiger partial charge in [0.2, 0.25) is 10.0 Å². The number of sulfonamides is 1. The second-order valence-corrected chi connectivity index (χ2v) is 6.91. The van der Waals surface area contributed by atoms with Crippen molar-refractivity contribution in [3.63, 3.8) is 0 Å². The second-order valence-electron chi connectivity index (χ2n) is 4.39. The quantitative estimate of drug-likeness (QED) is 0.796. The highest BCUT2D eigenvalue weighted by atomic mass is 35.5. The van der Waals surface area contributed by atoms with Gasteiger partial charge in [-0.1, -0.05) is 29.3 Å². The summed E-state index contributed by atoms with van der Waals surface area (Å²) in [5.41, 5.74) is -0.233. The number of aryl methyl sites for hydroxylation is 1. The van der Waals surface area contributed by atoms with Gasteiger partial charge in [-0.2, -0.15) is 5.10 Å². The molecule has 2 rings (SSSR count). The van der Waals surface area contributed by atoms with E-state index in [1.165, 1.54) is 35.1 Å². The molecule has 1 heterocycles. The van der Waals surface area contributed by atoms with Crippen LogP contribution in [0.3, 0.4) is 0 Å². The van der Waals surface area contributed by atoms with Gasteiger partial charge in [-0.3, -0.25) is 4.79 Å². The Morgan fingerprint density at radius 2 is 1.95 bits per heavy atom. The number of benzene rings is 1. The largest absolute Gasteiger partial charge is 0.268 e. The van der Waals surface area contributed by atoms with Crippen LogP contribution in [0.4, 0.5) is 0 Å². The van der Waals surface area contributed by atoms with Crippen LogP contribution in [-0.4, -0.2) is 24.7 Å². The van der Waals surface area contributed by atoms with Gasteiger partial charge in [0.15, 0.2) is 0 Å². The molecule has 0 amide bonds. The topological polar surface area (TPSA) is 81.1 Å². The van der Waals surface area contributed by atoms with E-state index in [1.807, 2.05) is 0 Å². The standard InChI is InChI=1S/C13H13Cl2N3O3S/c14-10-4-1-5-11(13(10)15)22(20,21)17-8-3-9-18-12(19)6-2-7-16-18/h1-2,4-7,17H,3,8-9H2. The van der Waals surface area contributed by atoms with E-state index in [0.717, 1.165) is 0 Å². The van der Waals surface area contributed by atoms with E-state index in [0.29, 0.717) is 13.0 Å². The Morgan fingerprint density at radius 1 is 1.18 bits per heavy atom. The highest BCUT2D eigenvalue weighted by Gasteiger charge is 2.18. The molecule has 0 fully saturated rings. The van der Waals surface area contributed by atoms with E-state index in [2.05, 4.69) is 9.82 Å². The molecule has 0 aliphatic rings. The number of halogens is 2. The molecule has 0 atom stereocenters. The van der Waals surface area contributed by atoms with Gasteiger partial charge in [0.05, 0.1) is 10.0 Å². The van der Waals surface area contributed by atoms with Gasteiger partial charge in [-0.15, -0.1) is 0 Å². The summed E-state index contributed by atoms with van der Waals surface area (Å²) >= 11 is 11.7. The molecule has 0 aliphatic heterocycles. The minimum Gasteiger partial charge on any atom is -0.268 e. The van der Waals surface area contributed by atoms with E-state index in [1.54, 1.807) is 6.07 Å². The van der Waals surface area contributed by atoms with Crippen LogP contribution in [0.25, 0.3) is 0 Å². The summed E-state index contributed by atoms with van der Waals surface area (Å²) in [6.07, 6.45) is 1.91. The number of hydrogen-bond donors (Lipinski definition) is 1. The Balaban J connectivity index is 1.98. The lowest BCUT2D eigenvalue weighted by Crippen LogP contribution is -2.28. The van der Waals surface area contributed by atoms with E-state index < -0.39 is 10.0 Å². The molecular weight excluding hydrogens is 349 g/mol. The minimum atomic E-state index is -3.75. The van der Waals surface area contributed by atoms with Crippen LogP contribution in [0.15, 0.2) is 46.2 Å². The van der Waals surface area contributed by atoms with Crippen molar-refractivity contribution in [1.82, 2.24) is 14.5 Å². The van der Waals surface area contributed by atoms with E-state index >= 15 is 0 Å². The van der Waals surface area contributed by atoms with Crippen LogP contribution in [-0.2, 0) is 16.6 Å². The second kappa shape index (κ2) is 7.23. The van der Waals surface area contributed by atoms with Gasteiger partial charge in [-0.05, 0) is 24.6 Å². The van der Waals surface area contributed by atoms with Gasteiger partial charge < -0.3 is 0 Å². The molecule has 2 aromatic rings. The zero-order valence-electron chi connectivity index (χ0n) is 11.4. The number of aromatic nitrogens is 2. The Hall–Kier alpha value is -1.41. The lowest BCUT2D eigenvalue weighted by Gasteiger charge is -2.09. The van der Waals surface area contributed by atoms with Crippen molar-refractivity contribution in [2.75, 3.05) is 6.54 Å². The van der Waals surface area contributed by atoms with Crippen LogP contribution in [0, 0.1) is 0 Å². The summed E-state index contributed by atoms with van der Waals surface area (Å²) in [7, 11) is -3.75. The van der Waals surface area contributed by atoms with Crippen molar-refractivity contribution in [3.05, 3.63) is 56.9 Å². The Kier molecular flexibility index (Phi) is 5.57. The van der Waals surface area contributed by atoms with Crippen molar-refractivity contribution >= 4 is 33.2 Å². The molecule has 0 aliphatic carbocycles. The molecule has 118 valence electrons. The van der Waals surface area contributed by atoms with Gasteiger partial charge >= 0.3 is 0 Å². The normalized spacial score (nSPS) is 11.5. The van der Waals surface area contributed by atoms with Crippen LogP contribution in [0.1, 0.15) is 6.42 Å². The maximum Gasteiger partial charge on any atom is 0.266 e. The third-order valence-corrected chi connectivity index (χ3v) is 5.26. The zero-order chi connectivity index (χ0) is 16.2. The lowest BCUT2D eigenvalue weighted by molar-refractivity contribution is 0.535. The average molecular weight is 362 g/mol. The summed E-state index contributed by atoms with van der Waals surface area (Å²) in [5.74, 6) is 0. The molecule has 0 bridgehead atoms. The third-order valence-electron chi connectivity index (χ3n) is 2.83. The van der Waals surface area contributed by atoms with Crippen molar-refractivity contribution in [2.45, 2.75) is 17.9 Å². The first-order valence-electron chi connectivity index (χ1n) is 6.37. The Labute approximate surface area is 137 Å². The average Bonchev–Trinajstić information content (AvgIpc) is 2.48. The molecule has 1 aromatic carbocycles. The van der Waals surface area contributed by atoms with Crippen LogP contribution >= 0.6 is 23.2 Å². The number of hydrogen-bond acceptors (Lipinski definition) is 4. The number of nitrogens with zero attached hydrogens (tertiary/aromatic N) is 2. The highest BCUT2D eigenvalue weighted by Crippen LogP contribution is 2.28. The molecule has 0 unspecified atom stereocenters. The van der Waals surface area contributed by atoms with Gasteiger partial charge in [0, 0.05) is 25.4 Å². The predicted octanol–water partition coefficient (Wildman–Crippen LogP) is 1.92. The fraction of sp³-hybridized carbons (Fsp3) is 0.231.